The van der Waals surface area contributed by atoms with E-state index in [0.717, 1.165) is 0 Å². The predicted molar refractivity (Wildman–Crippen MR) is 73.0 cm³/mol. The zero-order valence-electron chi connectivity index (χ0n) is 13.0. The molecular weight excluding hydrogens is 354 g/mol. The van der Waals surface area contributed by atoms with Gasteiger partial charge in [-0.1, -0.05) is 0 Å². The van der Waals surface area contributed by atoms with Gasteiger partial charge >= 0.3 is 20.2 Å². The van der Waals surface area contributed by atoms with Crippen LogP contribution in [-0.4, -0.2) is 84.5 Å². The van der Waals surface area contributed by atoms with Crippen LogP contribution in [0.15, 0.2) is 0 Å². The first-order valence-electron chi connectivity index (χ1n) is 6.79. The highest BCUT2D eigenvalue weighted by atomic mass is 16.7. The molecule has 0 aromatic carbocycles. The van der Waals surface area contributed by atoms with Crippen molar-refractivity contribution in [2.75, 3.05) is 33.9 Å². The summed E-state index contributed by atoms with van der Waals surface area (Å²) in [6.45, 7) is -3.23. The summed E-state index contributed by atoms with van der Waals surface area (Å²) >= 11 is 0. The molecule has 1 aliphatic rings. The van der Waals surface area contributed by atoms with Gasteiger partial charge in [0.15, 0.2) is 6.29 Å². The van der Waals surface area contributed by atoms with Crippen LogP contribution in [0.5, 0.6) is 0 Å². The van der Waals surface area contributed by atoms with Gasteiger partial charge in [-0.15, -0.1) is 0 Å². The Morgan fingerprint density at radius 2 is 1.44 bits per heavy atom. The van der Waals surface area contributed by atoms with Crippen molar-refractivity contribution in [1.82, 2.24) is 0 Å². The maximum atomic E-state index is 10.5. The zero-order chi connectivity index (χ0) is 19.0. The van der Waals surface area contributed by atoms with E-state index < -0.39 is 72.3 Å². The molecule has 0 spiro atoms. The van der Waals surface area contributed by atoms with Gasteiger partial charge < -0.3 is 28.8 Å². The predicted octanol–water partition coefficient (Wildman–Crippen LogP) is -1.79. The highest BCUT2D eigenvalue weighted by molar-refractivity contribution is 4.91. The third-order valence-corrected chi connectivity index (χ3v) is 3.11. The summed E-state index contributed by atoms with van der Waals surface area (Å²) in [5.41, 5.74) is 0. The lowest BCUT2D eigenvalue weighted by molar-refractivity contribution is -0.550. The minimum atomic E-state index is -1.76. The molecule has 0 unspecified atom stereocenters. The van der Waals surface area contributed by atoms with Gasteiger partial charge in [-0.3, -0.25) is 30.3 Å². The molecule has 1 rings (SSSR count). The lowest BCUT2D eigenvalue weighted by atomic mass is 9.98. The Kier molecular flexibility index (Phi) is 8.46. The molecule has 5 atom stereocenters. The number of hydrogen-bond acceptors (Lipinski definition) is 12. The molecule has 25 heavy (non-hydrogen) atoms. The highest BCUT2D eigenvalue weighted by Gasteiger charge is 2.48. The molecule has 0 radical (unpaired) electrons. The first-order valence-corrected chi connectivity index (χ1v) is 6.79. The van der Waals surface area contributed by atoms with Gasteiger partial charge in [-0.2, -0.15) is 0 Å². The number of methoxy groups -OCH3 is 1. The van der Waals surface area contributed by atoms with Gasteiger partial charge in [0.05, 0.1) is 6.61 Å². The second kappa shape index (κ2) is 10.1. The molecule has 1 fully saturated rings. The minimum absolute atomic E-state index is 0.392. The molecule has 15 nitrogen and oxygen atoms in total. The van der Waals surface area contributed by atoms with Crippen LogP contribution in [0.2, 0.25) is 0 Å². The lowest BCUT2D eigenvalue weighted by Crippen LogP contribution is -2.61. The van der Waals surface area contributed by atoms with E-state index in [0.29, 0.717) is 0 Å². The molecule has 1 aliphatic heterocycles. The molecule has 1 saturated heterocycles. The maximum absolute atomic E-state index is 10.5. The first-order chi connectivity index (χ1) is 11.8. The van der Waals surface area contributed by atoms with Gasteiger partial charge in [0.2, 0.25) is 0 Å². The topological polar surface area (TPSA) is 196 Å². The largest absolute Gasteiger partial charge is 0.376 e. The van der Waals surface area contributed by atoms with E-state index in [1.807, 2.05) is 0 Å². The molecular formula is C10H17N3O12. The van der Waals surface area contributed by atoms with Gasteiger partial charge in [0.1, 0.15) is 24.4 Å². The summed E-state index contributed by atoms with van der Waals surface area (Å²) in [4.78, 5) is 28.8. The highest BCUT2D eigenvalue weighted by Crippen LogP contribution is 2.27. The molecule has 0 aromatic rings. The summed E-state index contributed by atoms with van der Waals surface area (Å²) in [6, 6.07) is 0. The summed E-state index contributed by atoms with van der Waals surface area (Å²) in [7, 11) is 1.19. The molecule has 0 bridgehead atoms. The van der Waals surface area contributed by atoms with E-state index in [1.165, 1.54) is 7.11 Å². The fourth-order valence-corrected chi connectivity index (χ4v) is 2.22. The van der Waals surface area contributed by atoms with Crippen LogP contribution >= 0.6 is 0 Å². The number of aliphatic hydroxyl groups excluding tert-OH is 1. The Balaban J connectivity index is 2.87. The van der Waals surface area contributed by atoms with Crippen LogP contribution in [0.4, 0.5) is 0 Å². The van der Waals surface area contributed by atoms with Crippen molar-refractivity contribution >= 4 is 0 Å². The quantitative estimate of drug-likeness (QED) is 0.243. The third-order valence-electron chi connectivity index (χ3n) is 3.11. The smallest absolute Gasteiger partial charge is 0.306 e. The van der Waals surface area contributed by atoms with Crippen molar-refractivity contribution in [1.29, 1.82) is 0 Å². The van der Waals surface area contributed by atoms with Crippen LogP contribution < -0.4 is 0 Å². The monoisotopic (exact) mass is 371 g/mol. The summed E-state index contributed by atoms with van der Waals surface area (Å²) < 4.78 is 24.9. The summed E-state index contributed by atoms with van der Waals surface area (Å²) in [5.74, 6) is 0. The van der Waals surface area contributed by atoms with E-state index in [-0.39, 0.29) is 0 Å². The van der Waals surface area contributed by atoms with Crippen molar-refractivity contribution in [2.24, 2.45) is 0 Å². The standard InChI is InChI=1S/C10H17N3O12/c1-21-7-6(2-22-3-11(15)16)25-10(14)9(24-5-13(19)20)8(7)23-4-12(17)18/h6-10,14H,2-5H2,1H3/t6-,7-,8+,9-,10-/m1/s1. The average Bonchev–Trinajstić information content (AvgIpc) is 2.51. The Morgan fingerprint density at radius 1 is 0.920 bits per heavy atom. The number of nitrogens with zero attached hydrogens (tertiary/aromatic N) is 3. The van der Waals surface area contributed by atoms with E-state index in [1.54, 1.807) is 0 Å². The lowest BCUT2D eigenvalue weighted by Gasteiger charge is -2.42. The third kappa shape index (κ3) is 6.77. The molecule has 15 heteroatoms. The van der Waals surface area contributed by atoms with Crippen molar-refractivity contribution < 1.29 is 43.6 Å². The van der Waals surface area contributed by atoms with Crippen LogP contribution in [-0.2, 0) is 23.7 Å². The normalized spacial score (nSPS) is 29.3. The molecule has 0 saturated carbocycles. The van der Waals surface area contributed by atoms with Crippen LogP contribution in [0.3, 0.4) is 0 Å². The molecule has 1 N–H and O–H groups in total. The van der Waals surface area contributed by atoms with E-state index in [9.17, 15) is 35.4 Å². The molecule has 0 aromatic heterocycles. The Labute approximate surface area is 139 Å². The number of nitro groups is 3. The van der Waals surface area contributed by atoms with E-state index >= 15 is 0 Å². The van der Waals surface area contributed by atoms with Crippen LogP contribution in [0.1, 0.15) is 0 Å². The van der Waals surface area contributed by atoms with E-state index in [4.69, 9.17) is 23.7 Å². The minimum Gasteiger partial charge on any atom is -0.376 e. The van der Waals surface area contributed by atoms with Gasteiger partial charge in [-0.05, 0) is 0 Å². The van der Waals surface area contributed by atoms with Crippen LogP contribution in [0.25, 0.3) is 0 Å². The molecule has 144 valence electrons. The summed E-state index contributed by atoms with van der Waals surface area (Å²) in [6.07, 6.45) is -6.73. The van der Waals surface area contributed by atoms with Crippen LogP contribution in [0, 0.1) is 30.3 Å². The zero-order valence-corrected chi connectivity index (χ0v) is 13.0. The first kappa shape index (κ1) is 21.0. The fourth-order valence-electron chi connectivity index (χ4n) is 2.22. The second-order valence-electron chi connectivity index (χ2n) is 4.78. The number of aliphatic hydroxyl groups is 1. The van der Waals surface area contributed by atoms with Crippen molar-refractivity contribution in [3.63, 3.8) is 0 Å². The van der Waals surface area contributed by atoms with Gasteiger partial charge in [0.25, 0.3) is 0 Å². The Hall–Kier alpha value is -2.04. The Morgan fingerprint density at radius 3 is 1.92 bits per heavy atom. The molecule has 0 aliphatic carbocycles. The average molecular weight is 371 g/mol. The van der Waals surface area contributed by atoms with E-state index in [2.05, 4.69) is 0 Å². The van der Waals surface area contributed by atoms with Crippen molar-refractivity contribution in [3.05, 3.63) is 30.3 Å². The fraction of sp³-hybridized carbons (Fsp3) is 1.00. The SMILES string of the molecule is CO[C@H]1[C@H](OC[N+](=O)[O-])[C@@H](OC[N+](=O)[O-])[C@H](O)O[C@@H]1COC[N+](=O)[O-]. The van der Waals surface area contributed by atoms with Crippen molar-refractivity contribution in [2.45, 2.75) is 30.7 Å². The number of rotatable bonds is 11. The number of ether oxygens (including phenoxy) is 5. The summed E-state index contributed by atoms with van der Waals surface area (Å²) in [5, 5.41) is 41.2. The molecule has 1 heterocycles. The van der Waals surface area contributed by atoms with Gasteiger partial charge in [0, 0.05) is 21.9 Å². The maximum Gasteiger partial charge on any atom is 0.306 e. The second-order valence-corrected chi connectivity index (χ2v) is 4.78. The Bertz CT molecular complexity index is 476. The number of hydrogen-bond donors (Lipinski definition) is 1. The molecule has 0 amide bonds. The van der Waals surface area contributed by atoms with Gasteiger partial charge in [-0.25, -0.2) is 0 Å². The van der Waals surface area contributed by atoms with Crippen molar-refractivity contribution in [3.8, 4) is 0 Å².